The van der Waals surface area contributed by atoms with E-state index in [2.05, 4.69) is 19.2 Å². The van der Waals surface area contributed by atoms with Crippen LogP contribution >= 0.6 is 0 Å². The van der Waals surface area contributed by atoms with E-state index < -0.39 is 5.97 Å². The zero-order valence-corrected chi connectivity index (χ0v) is 11.5. The number of carboxylic acids is 1. The SMILES string of the molecule is CC(CC(=O)O)NC(=O)N1CCC(C(C)C)CC1. The predicted molar refractivity (Wildman–Crippen MR) is 69.4 cm³/mol. The number of carbonyl (C=O) groups excluding carboxylic acids is 1. The molecule has 2 amide bonds. The highest BCUT2D eigenvalue weighted by molar-refractivity contribution is 5.75. The summed E-state index contributed by atoms with van der Waals surface area (Å²) in [5, 5.41) is 11.4. The zero-order chi connectivity index (χ0) is 13.7. The van der Waals surface area contributed by atoms with Gasteiger partial charge in [-0.05, 0) is 31.6 Å². The zero-order valence-electron chi connectivity index (χ0n) is 11.5. The highest BCUT2D eigenvalue weighted by Gasteiger charge is 2.25. The van der Waals surface area contributed by atoms with Crippen molar-refractivity contribution in [2.45, 2.75) is 46.1 Å². The maximum atomic E-state index is 11.9. The van der Waals surface area contributed by atoms with E-state index >= 15 is 0 Å². The van der Waals surface area contributed by atoms with Gasteiger partial charge in [-0.1, -0.05) is 13.8 Å². The van der Waals surface area contributed by atoms with E-state index in [0.717, 1.165) is 25.9 Å². The van der Waals surface area contributed by atoms with Crippen molar-refractivity contribution in [1.82, 2.24) is 10.2 Å². The Bertz CT molecular complexity index is 297. The molecule has 1 aliphatic rings. The Balaban J connectivity index is 2.34. The molecule has 0 aromatic carbocycles. The van der Waals surface area contributed by atoms with E-state index in [9.17, 15) is 9.59 Å². The molecule has 0 aromatic rings. The summed E-state index contributed by atoms with van der Waals surface area (Å²) in [6, 6.07) is -0.455. The highest BCUT2D eigenvalue weighted by Crippen LogP contribution is 2.24. The first-order valence-corrected chi connectivity index (χ1v) is 6.67. The number of rotatable bonds is 4. The number of carboxylic acid groups (broad SMARTS) is 1. The standard InChI is InChI=1S/C13H24N2O3/c1-9(2)11-4-6-15(7-5-11)13(18)14-10(3)8-12(16)17/h9-11H,4-8H2,1-3H3,(H,14,18)(H,16,17). The van der Waals surface area contributed by atoms with Gasteiger partial charge < -0.3 is 15.3 Å². The molecule has 1 atom stereocenters. The second kappa shape index (κ2) is 6.61. The number of aliphatic carboxylic acids is 1. The number of nitrogens with one attached hydrogen (secondary N) is 1. The first-order chi connectivity index (χ1) is 8.40. The molecule has 1 heterocycles. The monoisotopic (exact) mass is 256 g/mol. The fourth-order valence-corrected chi connectivity index (χ4v) is 2.38. The van der Waals surface area contributed by atoms with E-state index in [1.54, 1.807) is 11.8 Å². The summed E-state index contributed by atoms with van der Waals surface area (Å²) in [7, 11) is 0. The number of hydrogen-bond acceptors (Lipinski definition) is 2. The fourth-order valence-electron chi connectivity index (χ4n) is 2.38. The lowest BCUT2D eigenvalue weighted by Crippen LogP contribution is -2.48. The van der Waals surface area contributed by atoms with Gasteiger partial charge in [-0.15, -0.1) is 0 Å². The van der Waals surface area contributed by atoms with Crippen LogP contribution in [0.4, 0.5) is 4.79 Å². The number of carbonyl (C=O) groups is 2. The molecule has 1 aliphatic heterocycles. The van der Waals surface area contributed by atoms with Gasteiger partial charge >= 0.3 is 12.0 Å². The quantitative estimate of drug-likeness (QED) is 0.807. The lowest BCUT2D eigenvalue weighted by atomic mass is 9.87. The van der Waals surface area contributed by atoms with Crippen molar-refractivity contribution in [3.05, 3.63) is 0 Å². The Labute approximate surface area is 109 Å². The first-order valence-electron chi connectivity index (χ1n) is 6.67. The van der Waals surface area contributed by atoms with Crippen LogP contribution in [0.3, 0.4) is 0 Å². The maximum absolute atomic E-state index is 11.9. The minimum Gasteiger partial charge on any atom is -0.481 e. The van der Waals surface area contributed by atoms with Crippen LogP contribution in [0.1, 0.15) is 40.0 Å². The van der Waals surface area contributed by atoms with E-state index in [1.807, 2.05) is 0 Å². The van der Waals surface area contributed by atoms with Gasteiger partial charge in [0.1, 0.15) is 0 Å². The average Bonchev–Trinajstić information content (AvgIpc) is 2.27. The van der Waals surface area contributed by atoms with Crippen molar-refractivity contribution in [1.29, 1.82) is 0 Å². The average molecular weight is 256 g/mol. The third-order valence-electron chi connectivity index (χ3n) is 3.62. The van der Waals surface area contributed by atoms with Crippen LogP contribution in [0.2, 0.25) is 0 Å². The van der Waals surface area contributed by atoms with Crippen molar-refractivity contribution >= 4 is 12.0 Å². The van der Waals surface area contributed by atoms with Gasteiger partial charge in [0.15, 0.2) is 0 Å². The summed E-state index contributed by atoms with van der Waals surface area (Å²) in [6.07, 6.45) is 2.05. The molecule has 5 heteroatoms. The third kappa shape index (κ3) is 4.55. The van der Waals surface area contributed by atoms with Crippen LogP contribution in [-0.4, -0.2) is 41.1 Å². The molecule has 104 valence electrons. The number of likely N-dealkylation sites (tertiary alicyclic amines) is 1. The molecule has 0 radical (unpaired) electrons. The molecule has 1 fully saturated rings. The smallest absolute Gasteiger partial charge is 0.317 e. The molecule has 0 spiro atoms. The van der Waals surface area contributed by atoms with Gasteiger partial charge in [-0.25, -0.2) is 4.79 Å². The van der Waals surface area contributed by atoms with Crippen molar-refractivity contribution in [2.75, 3.05) is 13.1 Å². The largest absolute Gasteiger partial charge is 0.481 e. The van der Waals surface area contributed by atoms with Gasteiger partial charge in [0.2, 0.25) is 0 Å². The van der Waals surface area contributed by atoms with Gasteiger partial charge in [0.05, 0.1) is 6.42 Å². The van der Waals surface area contributed by atoms with Crippen LogP contribution in [0.5, 0.6) is 0 Å². The fraction of sp³-hybridized carbons (Fsp3) is 0.846. The minimum absolute atomic E-state index is 0.0335. The van der Waals surface area contributed by atoms with E-state index in [1.165, 1.54) is 0 Å². The number of hydrogen-bond donors (Lipinski definition) is 2. The Hall–Kier alpha value is -1.26. The minimum atomic E-state index is -0.888. The molecule has 0 aromatic heterocycles. The van der Waals surface area contributed by atoms with Crippen molar-refractivity contribution < 1.29 is 14.7 Å². The maximum Gasteiger partial charge on any atom is 0.317 e. The summed E-state index contributed by atoms with van der Waals surface area (Å²) in [4.78, 5) is 24.2. The number of urea groups is 1. The molecule has 1 rings (SSSR count). The van der Waals surface area contributed by atoms with Gasteiger partial charge in [-0.2, -0.15) is 0 Å². The summed E-state index contributed by atoms with van der Waals surface area (Å²) >= 11 is 0. The summed E-state index contributed by atoms with van der Waals surface area (Å²) in [5.74, 6) is 0.480. The Morgan fingerprint density at radius 2 is 1.83 bits per heavy atom. The lowest BCUT2D eigenvalue weighted by Gasteiger charge is -2.34. The van der Waals surface area contributed by atoms with Gasteiger partial charge in [0, 0.05) is 19.1 Å². The van der Waals surface area contributed by atoms with Gasteiger partial charge in [0.25, 0.3) is 0 Å². The van der Waals surface area contributed by atoms with E-state index in [-0.39, 0.29) is 18.5 Å². The van der Waals surface area contributed by atoms with E-state index in [4.69, 9.17) is 5.11 Å². The van der Waals surface area contributed by atoms with Crippen LogP contribution in [0.15, 0.2) is 0 Å². The normalized spacial score (nSPS) is 18.8. The second-order valence-corrected chi connectivity index (χ2v) is 5.52. The molecule has 1 saturated heterocycles. The van der Waals surface area contributed by atoms with Crippen LogP contribution in [-0.2, 0) is 4.79 Å². The molecule has 0 bridgehead atoms. The molecule has 1 unspecified atom stereocenters. The second-order valence-electron chi connectivity index (χ2n) is 5.52. The van der Waals surface area contributed by atoms with Crippen LogP contribution < -0.4 is 5.32 Å². The summed E-state index contributed by atoms with van der Waals surface area (Å²) < 4.78 is 0. The predicted octanol–water partition coefficient (Wildman–Crippen LogP) is 1.93. The lowest BCUT2D eigenvalue weighted by molar-refractivity contribution is -0.137. The molecule has 2 N–H and O–H groups in total. The van der Waals surface area contributed by atoms with Crippen LogP contribution in [0, 0.1) is 11.8 Å². The molecule has 5 nitrogen and oxygen atoms in total. The van der Waals surface area contributed by atoms with Gasteiger partial charge in [-0.3, -0.25) is 4.79 Å². The van der Waals surface area contributed by atoms with E-state index in [0.29, 0.717) is 11.8 Å². The summed E-state index contributed by atoms with van der Waals surface area (Å²) in [6.45, 7) is 7.69. The van der Waals surface area contributed by atoms with Crippen molar-refractivity contribution in [2.24, 2.45) is 11.8 Å². The number of nitrogens with zero attached hydrogens (tertiary/aromatic N) is 1. The van der Waals surface area contributed by atoms with Crippen LogP contribution in [0.25, 0.3) is 0 Å². The number of piperidine rings is 1. The molecule has 0 saturated carbocycles. The summed E-state index contributed by atoms with van der Waals surface area (Å²) in [5.41, 5.74) is 0. The molecule has 18 heavy (non-hydrogen) atoms. The third-order valence-corrected chi connectivity index (χ3v) is 3.62. The Morgan fingerprint density at radius 3 is 2.28 bits per heavy atom. The highest BCUT2D eigenvalue weighted by atomic mass is 16.4. The first kappa shape index (κ1) is 14.8. The molecular formula is C13H24N2O3. The number of amides is 2. The van der Waals surface area contributed by atoms with Crippen molar-refractivity contribution in [3.63, 3.8) is 0 Å². The molecular weight excluding hydrogens is 232 g/mol. The Morgan fingerprint density at radius 1 is 1.28 bits per heavy atom. The Kier molecular flexibility index (Phi) is 5.44. The van der Waals surface area contributed by atoms with Crippen molar-refractivity contribution in [3.8, 4) is 0 Å². The topological polar surface area (TPSA) is 69.6 Å². The molecule has 0 aliphatic carbocycles.